The van der Waals surface area contributed by atoms with Gasteiger partial charge in [-0.25, -0.2) is 0 Å². The first-order chi connectivity index (χ1) is 6.31. The summed E-state index contributed by atoms with van der Waals surface area (Å²) in [5, 5.41) is 4.52. The van der Waals surface area contributed by atoms with Gasteiger partial charge in [0.2, 0.25) is 0 Å². The van der Waals surface area contributed by atoms with Crippen molar-refractivity contribution < 1.29 is 0 Å². The van der Waals surface area contributed by atoms with Gasteiger partial charge in [0, 0.05) is 10.9 Å². The number of nitrogens with zero attached hydrogens (tertiary/aromatic N) is 1. The summed E-state index contributed by atoms with van der Waals surface area (Å²) in [6.45, 7) is 0. The number of fused-ring (bicyclic) bond motifs is 1. The topological polar surface area (TPSA) is 80.2 Å². The predicted molar refractivity (Wildman–Crippen MR) is 53.2 cm³/mol. The summed E-state index contributed by atoms with van der Waals surface area (Å²) >= 11 is 0. The van der Waals surface area contributed by atoms with Gasteiger partial charge in [0.1, 0.15) is 0 Å². The third kappa shape index (κ3) is 1.22. The van der Waals surface area contributed by atoms with Crippen LogP contribution in [-0.4, -0.2) is 10.8 Å². The lowest BCUT2D eigenvalue weighted by Gasteiger charge is -1.91. The maximum absolute atomic E-state index is 5.55. The van der Waals surface area contributed by atoms with Crippen LogP contribution >= 0.6 is 0 Å². The fraction of sp³-hybridized carbons (Fsp3) is 0. The van der Waals surface area contributed by atoms with Crippen LogP contribution in [0.4, 0.5) is 0 Å². The van der Waals surface area contributed by atoms with E-state index < -0.39 is 0 Å². The largest absolute Gasteiger partial charge is 0.381 e. The number of nitrogens with two attached hydrogens (primary N) is 2. The summed E-state index contributed by atoms with van der Waals surface area (Å²) in [6.07, 6.45) is 0. The molecule has 0 amide bonds. The summed E-state index contributed by atoms with van der Waals surface area (Å²) in [6, 6.07) is 9.82. The molecule has 13 heavy (non-hydrogen) atoms. The minimum Gasteiger partial charge on any atom is -0.381 e. The normalized spacial score (nSPS) is 12.2. The van der Waals surface area contributed by atoms with E-state index in [-0.39, 0.29) is 0 Å². The van der Waals surface area contributed by atoms with E-state index >= 15 is 0 Å². The zero-order valence-electron chi connectivity index (χ0n) is 6.99. The molecule has 2 rings (SSSR count). The zero-order valence-corrected chi connectivity index (χ0v) is 6.99. The van der Waals surface area contributed by atoms with Gasteiger partial charge in [-0.05, 0) is 12.1 Å². The van der Waals surface area contributed by atoms with Crippen LogP contribution in [0.25, 0.3) is 10.9 Å². The first-order valence-corrected chi connectivity index (χ1v) is 3.93. The average molecular weight is 174 g/mol. The molecule has 4 nitrogen and oxygen atoms in total. The van der Waals surface area contributed by atoms with E-state index in [9.17, 15) is 0 Å². The summed E-state index contributed by atoms with van der Waals surface area (Å²) < 4.78 is 0. The highest BCUT2D eigenvalue weighted by molar-refractivity contribution is 6.00. The molecule has 0 aliphatic rings. The average Bonchev–Trinajstić information content (AvgIpc) is 2.59. The first kappa shape index (κ1) is 7.67. The molecule has 2 aromatic rings. The molecular weight excluding hydrogens is 164 g/mol. The van der Waals surface area contributed by atoms with Crippen molar-refractivity contribution in [3.63, 3.8) is 0 Å². The van der Waals surface area contributed by atoms with Gasteiger partial charge < -0.3 is 16.6 Å². The Balaban J connectivity index is 2.62. The van der Waals surface area contributed by atoms with Gasteiger partial charge in [0.05, 0.1) is 5.69 Å². The maximum atomic E-state index is 5.55. The van der Waals surface area contributed by atoms with E-state index in [2.05, 4.69) is 10.1 Å². The molecule has 0 fully saturated rings. The van der Waals surface area contributed by atoms with Crippen molar-refractivity contribution in [2.75, 3.05) is 0 Å². The Morgan fingerprint density at radius 2 is 2.08 bits per heavy atom. The molecule has 0 saturated carbocycles. The van der Waals surface area contributed by atoms with E-state index in [1.54, 1.807) is 0 Å². The lowest BCUT2D eigenvalue weighted by atomic mass is 10.2. The zero-order chi connectivity index (χ0) is 9.26. The van der Waals surface area contributed by atoms with Crippen LogP contribution in [0.2, 0.25) is 0 Å². The number of amidine groups is 1. The number of hydrazone groups is 1. The standard InChI is InChI=1S/C9H10N4/c10-9(13-11)8-5-6-3-1-2-4-7(6)12-8/h1-5,12H,11H2,(H2,10,13). The minimum atomic E-state index is 0.316. The molecule has 0 bridgehead atoms. The number of aromatic nitrogens is 1. The highest BCUT2D eigenvalue weighted by Gasteiger charge is 2.02. The van der Waals surface area contributed by atoms with E-state index in [0.717, 1.165) is 16.6 Å². The van der Waals surface area contributed by atoms with E-state index in [0.29, 0.717) is 5.84 Å². The second-order valence-electron chi connectivity index (χ2n) is 2.78. The number of hydrogen-bond acceptors (Lipinski definition) is 2. The Morgan fingerprint density at radius 3 is 2.77 bits per heavy atom. The predicted octanol–water partition coefficient (Wildman–Crippen LogP) is 0.747. The van der Waals surface area contributed by atoms with Crippen LogP contribution in [0.15, 0.2) is 35.4 Å². The van der Waals surface area contributed by atoms with Crippen molar-refractivity contribution in [1.29, 1.82) is 0 Å². The van der Waals surface area contributed by atoms with Crippen molar-refractivity contribution in [2.24, 2.45) is 16.7 Å². The smallest absolute Gasteiger partial charge is 0.166 e. The quantitative estimate of drug-likeness (QED) is 0.258. The number of hydrogen-bond donors (Lipinski definition) is 3. The number of benzene rings is 1. The number of nitrogens with one attached hydrogen (secondary N) is 1. The van der Waals surface area contributed by atoms with Crippen LogP contribution in [0, 0.1) is 0 Å². The van der Waals surface area contributed by atoms with Gasteiger partial charge in [0.25, 0.3) is 0 Å². The molecule has 0 spiro atoms. The van der Waals surface area contributed by atoms with Crippen molar-refractivity contribution in [3.05, 3.63) is 36.0 Å². The molecule has 0 aliphatic carbocycles. The van der Waals surface area contributed by atoms with E-state index in [1.807, 2.05) is 30.3 Å². The Hall–Kier alpha value is -1.97. The lowest BCUT2D eigenvalue weighted by molar-refractivity contribution is 1.21. The first-order valence-electron chi connectivity index (χ1n) is 3.93. The number of H-pyrrole nitrogens is 1. The third-order valence-electron chi connectivity index (χ3n) is 1.95. The van der Waals surface area contributed by atoms with Gasteiger partial charge in [-0.15, -0.1) is 0 Å². The fourth-order valence-corrected chi connectivity index (χ4v) is 1.28. The Morgan fingerprint density at radius 1 is 1.31 bits per heavy atom. The Kier molecular flexibility index (Phi) is 1.66. The highest BCUT2D eigenvalue weighted by atomic mass is 15.2. The Labute approximate surface area is 75.2 Å². The number of rotatable bonds is 1. The van der Waals surface area contributed by atoms with Gasteiger partial charge in [-0.2, -0.15) is 5.10 Å². The lowest BCUT2D eigenvalue weighted by Crippen LogP contribution is -2.15. The van der Waals surface area contributed by atoms with Gasteiger partial charge >= 0.3 is 0 Å². The molecule has 4 heteroatoms. The SMILES string of the molecule is NN=C(N)c1cc2ccccc2[nH]1. The summed E-state index contributed by atoms with van der Waals surface area (Å²) in [5.74, 6) is 5.38. The van der Waals surface area contributed by atoms with Gasteiger partial charge in [-0.3, -0.25) is 0 Å². The second kappa shape index (κ2) is 2.82. The molecule has 66 valence electrons. The van der Waals surface area contributed by atoms with Crippen molar-refractivity contribution >= 4 is 16.7 Å². The summed E-state index contributed by atoms with van der Waals surface area (Å²) in [4.78, 5) is 3.11. The minimum absolute atomic E-state index is 0.316. The molecule has 1 aromatic carbocycles. The van der Waals surface area contributed by atoms with Crippen molar-refractivity contribution in [3.8, 4) is 0 Å². The monoisotopic (exact) mass is 174 g/mol. The molecule has 5 N–H and O–H groups in total. The van der Waals surface area contributed by atoms with Gasteiger partial charge in [-0.1, -0.05) is 18.2 Å². The molecule has 0 atom stereocenters. The molecule has 0 aliphatic heterocycles. The van der Waals surface area contributed by atoms with Crippen LogP contribution < -0.4 is 11.6 Å². The van der Waals surface area contributed by atoms with Crippen molar-refractivity contribution in [1.82, 2.24) is 4.98 Å². The fourth-order valence-electron chi connectivity index (χ4n) is 1.28. The summed E-state index contributed by atoms with van der Waals surface area (Å²) in [5.41, 5.74) is 7.34. The molecule has 0 saturated heterocycles. The molecule has 1 heterocycles. The van der Waals surface area contributed by atoms with Crippen molar-refractivity contribution in [2.45, 2.75) is 0 Å². The highest BCUT2D eigenvalue weighted by Crippen LogP contribution is 2.13. The molecule has 1 aromatic heterocycles. The third-order valence-corrected chi connectivity index (χ3v) is 1.95. The molecule has 0 radical (unpaired) electrons. The Bertz CT molecular complexity index is 422. The molecule has 0 unspecified atom stereocenters. The van der Waals surface area contributed by atoms with Crippen LogP contribution in [0.5, 0.6) is 0 Å². The number of aromatic amines is 1. The number of para-hydroxylation sites is 1. The molecular formula is C9H10N4. The van der Waals surface area contributed by atoms with Crippen LogP contribution in [-0.2, 0) is 0 Å². The van der Waals surface area contributed by atoms with Crippen LogP contribution in [0.1, 0.15) is 5.69 Å². The van der Waals surface area contributed by atoms with E-state index in [1.165, 1.54) is 0 Å². The maximum Gasteiger partial charge on any atom is 0.166 e. The van der Waals surface area contributed by atoms with E-state index in [4.69, 9.17) is 11.6 Å². The second-order valence-corrected chi connectivity index (χ2v) is 2.78. The van der Waals surface area contributed by atoms with Gasteiger partial charge in [0.15, 0.2) is 5.84 Å². The van der Waals surface area contributed by atoms with Crippen LogP contribution in [0.3, 0.4) is 0 Å². The summed E-state index contributed by atoms with van der Waals surface area (Å²) in [7, 11) is 0.